The van der Waals surface area contributed by atoms with Crippen molar-refractivity contribution in [3.63, 3.8) is 0 Å². The molecule has 5 rings (SSSR count). The minimum absolute atomic E-state index is 0.0438. The van der Waals surface area contributed by atoms with Crippen LogP contribution in [0.2, 0.25) is 10.0 Å². The standard InChI is InChI=1S/C34H36Cl2F3N3O5S/c1-22(43)47-20-4-17-33(31(23-6-10-25(35)11-7-23)24-8-12-26(36)13-9-24)16-3-5-28-29(21-30(46-2)41-32(28)33)40-27-14-18-42(19-15-27)48(44,45)34(37,38)39/h3-4,6-13,16-17,21,27,31-32,40-41H,5,14-15,18-20H2,1-2H3/b17-4+. The lowest BCUT2D eigenvalue weighted by molar-refractivity contribution is -0.139. The highest BCUT2D eigenvalue weighted by Gasteiger charge is 2.51. The highest BCUT2D eigenvalue weighted by atomic mass is 35.5. The van der Waals surface area contributed by atoms with Crippen LogP contribution in [0, 0.1) is 5.41 Å². The zero-order valence-corrected chi connectivity index (χ0v) is 28.6. The van der Waals surface area contributed by atoms with E-state index >= 15 is 0 Å². The molecule has 0 amide bonds. The van der Waals surface area contributed by atoms with E-state index < -0.39 is 33.0 Å². The number of alkyl halides is 3. The molecule has 1 fully saturated rings. The number of sulfonamides is 1. The van der Waals surface area contributed by atoms with Crippen molar-refractivity contribution in [1.29, 1.82) is 0 Å². The van der Waals surface area contributed by atoms with Crippen molar-refractivity contribution in [2.45, 2.75) is 49.7 Å². The molecule has 0 aromatic heterocycles. The third-order valence-electron chi connectivity index (χ3n) is 8.86. The largest absolute Gasteiger partial charge is 0.511 e. The van der Waals surface area contributed by atoms with E-state index in [0.717, 1.165) is 22.4 Å². The molecule has 0 bridgehead atoms. The summed E-state index contributed by atoms with van der Waals surface area (Å²) in [4.78, 5) is 11.6. The summed E-state index contributed by atoms with van der Waals surface area (Å²) in [5.41, 5.74) is -2.57. The number of benzene rings is 2. The molecule has 2 unspecified atom stereocenters. The summed E-state index contributed by atoms with van der Waals surface area (Å²) < 4.78 is 75.1. The molecule has 1 saturated heterocycles. The van der Waals surface area contributed by atoms with E-state index in [1.807, 2.05) is 66.8 Å². The predicted molar refractivity (Wildman–Crippen MR) is 178 cm³/mol. The number of nitrogens with one attached hydrogen (secondary N) is 2. The van der Waals surface area contributed by atoms with Crippen LogP contribution in [0.25, 0.3) is 0 Å². The molecule has 2 heterocycles. The second kappa shape index (κ2) is 14.6. The average Bonchev–Trinajstić information content (AvgIpc) is 3.05. The van der Waals surface area contributed by atoms with Crippen molar-refractivity contribution >= 4 is 39.2 Å². The molecule has 48 heavy (non-hydrogen) atoms. The molecule has 2 N–H and O–H groups in total. The summed E-state index contributed by atoms with van der Waals surface area (Å²) in [6, 6.07) is 14.5. The Morgan fingerprint density at radius 1 is 1.08 bits per heavy atom. The van der Waals surface area contributed by atoms with Crippen molar-refractivity contribution in [2.75, 3.05) is 26.8 Å². The number of halogens is 5. The predicted octanol–water partition coefficient (Wildman–Crippen LogP) is 6.81. The molecule has 2 aliphatic heterocycles. The Bertz CT molecular complexity index is 1670. The van der Waals surface area contributed by atoms with E-state index in [1.54, 1.807) is 0 Å². The van der Waals surface area contributed by atoms with E-state index in [9.17, 15) is 26.4 Å². The van der Waals surface area contributed by atoms with Gasteiger partial charge in [-0.15, -0.1) is 0 Å². The second-order valence-corrected chi connectivity index (χ2v) is 14.6. The Kier molecular flexibility index (Phi) is 10.9. The van der Waals surface area contributed by atoms with Crippen LogP contribution in [0.4, 0.5) is 13.2 Å². The normalized spacial score (nSPS) is 22.3. The van der Waals surface area contributed by atoms with Crippen LogP contribution in [-0.2, 0) is 24.3 Å². The van der Waals surface area contributed by atoms with Gasteiger partial charge in [-0.2, -0.15) is 17.5 Å². The number of allylic oxidation sites excluding steroid dienone is 2. The fraction of sp³-hybridized carbons (Fsp3) is 0.382. The maximum atomic E-state index is 13.2. The van der Waals surface area contributed by atoms with Crippen molar-refractivity contribution in [3.8, 4) is 0 Å². The summed E-state index contributed by atoms with van der Waals surface area (Å²) in [6.07, 6.45) is 10.7. The Hall–Kier alpha value is -3.45. The molecule has 2 aromatic carbocycles. The molecule has 0 radical (unpaired) electrons. The molecule has 0 saturated carbocycles. The summed E-state index contributed by atoms with van der Waals surface area (Å²) in [5.74, 6) is -0.276. The van der Waals surface area contributed by atoms with Crippen LogP contribution in [0.15, 0.2) is 96.1 Å². The lowest BCUT2D eigenvalue weighted by atomic mass is 9.60. The first-order chi connectivity index (χ1) is 22.7. The number of carbonyl (C=O) groups excluding carboxylic acids is 1. The topological polar surface area (TPSA) is 97.0 Å². The monoisotopic (exact) mass is 725 g/mol. The van der Waals surface area contributed by atoms with Crippen LogP contribution in [0.1, 0.15) is 43.2 Å². The van der Waals surface area contributed by atoms with Gasteiger partial charge in [-0.25, -0.2) is 8.42 Å². The molecule has 2 aromatic rings. The Labute approximate surface area is 288 Å². The Morgan fingerprint density at radius 3 is 2.19 bits per heavy atom. The van der Waals surface area contributed by atoms with E-state index in [1.165, 1.54) is 14.0 Å². The Morgan fingerprint density at radius 2 is 1.67 bits per heavy atom. The fourth-order valence-electron chi connectivity index (χ4n) is 6.66. The van der Waals surface area contributed by atoms with Gasteiger partial charge in [-0.05, 0) is 60.2 Å². The van der Waals surface area contributed by atoms with Crippen LogP contribution < -0.4 is 10.6 Å². The minimum Gasteiger partial charge on any atom is -0.482 e. The third kappa shape index (κ3) is 7.56. The van der Waals surface area contributed by atoms with Gasteiger partial charge in [0.1, 0.15) is 6.61 Å². The van der Waals surface area contributed by atoms with Crippen LogP contribution >= 0.6 is 23.2 Å². The van der Waals surface area contributed by atoms with Gasteiger partial charge in [-0.1, -0.05) is 71.8 Å². The number of carbonyl (C=O) groups is 1. The smallest absolute Gasteiger partial charge is 0.482 e. The number of methoxy groups -OCH3 is 1. The minimum atomic E-state index is -5.40. The molecule has 258 valence electrons. The van der Waals surface area contributed by atoms with Gasteiger partial charge in [0, 0.05) is 59.2 Å². The zero-order chi connectivity index (χ0) is 34.7. The van der Waals surface area contributed by atoms with Gasteiger partial charge in [0.25, 0.3) is 0 Å². The van der Waals surface area contributed by atoms with E-state index in [-0.39, 0.29) is 44.5 Å². The summed E-state index contributed by atoms with van der Waals surface area (Å²) in [7, 11) is -3.86. The lowest BCUT2D eigenvalue weighted by Crippen LogP contribution is -2.53. The average molecular weight is 727 g/mol. The number of dihydropyridines is 1. The van der Waals surface area contributed by atoms with Gasteiger partial charge in [0.2, 0.25) is 0 Å². The maximum Gasteiger partial charge on any atom is 0.511 e. The van der Waals surface area contributed by atoms with Crippen molar-refractivity contribution in [3.05, 3.63) is 117 Å². The van der Waals surface area contributed by atoms with E-state index in [2.05, 4.69) is 22.8 Å². The third-order valence-corrected chi connectivity index (χ3v) is 11.0. The number of hydrogen-bond donors (Lipinski definition) is 2. The molecule has 1 aliphatic carbocycles. The van der Waals surface area contributed by atoms with Gasteiger partial charge < -0.3 is 20.1 Å². The zero-order valence-electron chi connectivity index (χ0n) is 26.3. The molecular weight excluding hydrogens is 690 g/mol. The Balaban J connectivity index is 1.58. The first-order valence-electron chi connectivity index (χ1n) is 15.3. The summed E-state index contributed by atoms with van der Waals surface area (Å²) in [5, 5.41) is 8.22. The number of hydrogen-bond acceptors (Lipinski definition) is 7. The second-order valence-electron chi connectivity index (χ2n) is 11.8. The van der Waals surface area contributed by atoms with Gasteiger partial charge in [-0.3, -0.25) is 4.79 Å². The van der Waals surface area contributed by atoms with Crippen molar-refractivity contribution in [2.24, 2.45) is 5.41 Å². The van der Waals surface area contributed by atoms with Gasteiger partial charge >= 0.3 is 21.5 Å². The quantitative estimate of drug-likeness (QED) is 0.205. The van der Waals surface area contributed by atoms with E-state index in [4.69, 9.17) is 32.7 Å². The SMILES string of the molecule is COC1=CC(NC2CCN(S(=O)(=O)C(F)(F)F)CC2)=C2CC=CC(/C=C/COC(C)=O)(C(c3ccc(Cl)cc3)c3ccc(Cl)cc3)C2N1. The highest BCUT2D eigenvalue weighted by Crippen LogP contribution is 2.52. The number of piperidine rings is 1. The number of fused-ring (bicyclic) bond motifs is 1. The van der Waals surface area contributed by atoms with Gasteiger partial charge in [0.15, 0.2) is 5.88 Å². The molecule has 3 aliphatic rings. The first-order valence-corrected chi connectivity index (χ1v) is 17.5. The van der Waals surface area contributed by atoms with Crippen LogP contribution in [-0.4, -0.2) is 63.1 Å². The maximum absolute atomic E-state index is 13.2. The first kappa shape index (κ1) is 35.8. The number of rotatable bonds is 10. The molecule has 14 heteroatoms. The number of ether oxygens (including phenoxy) is 2. The molecular formula is C34H36Cl2F3N3O5S. The molecule has 2 atom stereocenters. The summed E-state index contributed by atoms with van der Waals surface area (Å²) in [6.45, 7) is 0.863. The van der Waals surface area contributed by atoms with Crippen molar-refractivity contribution in [1.82, 2.24) is 14.9 Å². The molecule has 8 nitrogen and oxygen atoms in total. The highest BCUT2D eigenvalue weighted by molar-refractivity contribution is 7.90. The van der Waals surface area contributed by atoms with Crippen LogP contribution in [0.5, 0.6) is 0 Å². The van der Waals surface area contributed by atoms with Gasteiger partial charge in [0.05, 0.1) is 13.2 Å². The summed E-state index contributed by atoms with van der Waals surface area (Å²) >= 11 is 12.6. The van der Waals surface area contributed by atoms with E-state index in [0.29, 0.717) is 26.7 Å². The number of esters is 1. The number of nitrogens with zero attached hydrogens (tertiary/aromatic N) is 1. The van der Waals surface area contributed by atoms with Crippen LogP contribution in [0.3, 0.4) is 0 Å². The van der Waals surface area contributed by atoms with Crippen molar-refractivity contribution < 1.29 is 35.9 Å². The molecule has 0 spiro atoms. The fourth-order valence-corrected chi connectivity index (χ4v) is 7.90. The lowest BCUT2D eigenvalue weighted by Gasteiger charge is -2.48.